The van der Waals surface area contributed by atoms with E-state index >= 15 is 0 Å². The number of nitrogens with one attached hydrogen (secondary N) is 1. The second-order valence-electron chi connectivity index (χ2n) is 3.32. The fourth-order valence-corrected chi connectivity index (χ4v) is 1.09. The smallest absolute Gasteiger partial charge is 0.221 e. The van der Waals surface area contributed by atoms with Gasteiger partial charge >= 0.3 is 0 Å². The highest BCUT2D eigenvalue weighted by Gasteiger charge is 2.01. The molecule has 0 aliphatic heterocycles. The number of aliphatic hydroxyl groups is 1. The Morgan fingerprint density at radius 2 is 2.07 bits per heavy atom. The van der Waals surface area contributed by atoms with Crippen molar-refractivity contribution in [2.45, 2.75) is 20.0 Å². The number of carbonyl (C=O) groups is 1. The van der Waals surface area contributed by atoms with Crippen molar-refractivity contribution in [2.75, 3.05) is 11.9 Å². The van der Waals surface area contributed by atoms with E-state index in [1.54, 1.807) is 31.2 Å². The molecule has 0 aromatic heterocycles. The molecule has 4 nitrogen and oxygen atoms in total. The van der Waals surface area contributed by atoms with Crippen molar-refractivity contribution < 1.29 is 14.6 Å². The fraction of sp³-hybridized carbons (Fsp3) is 0.364. The average molecular weight is 209 g/mol. The standard InChI is InChI=1S/C11H15NO3/c1-8(7-13)15-11-5-3-10(4-6-11)12-9(2)14/h3-6,8,13H,7H2,1-2H3,(H,12,14). The van der Waals surface area contributed by atoms with Crippen molar-refractivity contribution in [1.82, 2.24) is 0 Å². The molecule has 1 aromatic rings. The van der Waals surface area contributed by atoms with Crippen molar-refractivity contribution in [3.05, 3.63) is 24.3 Å². The molecule has 4 heteroatoms. The van der Waals surface area contributed by atoms with Gasteiger partial charge in [-0.25, -0.2) is 0 Å². The summed E-state index contributed by atoms with van der Waals surface area (Å²) >= 11 is 0. The van der Waals surface area contributed by atoms with Crippen LogP contribution < -0.4 is 10.1 Å². The summed E-state index contributed by atoms with van der Waals surface area (Å²) in [7, 11) is 0. The molecule has 0 spiro atoms. The number of hydrogen-bond donors (Lipinski definition) is 2. The molecule has 0 bridgehead atoms. The average Bonchev–Trinajstić information content (AvgIpc) is 2.20. The highest BCUT2D eigenvalue weighted by molar-refractivity contribution is 5.88. The highest BCUT2D eigenvalue weighted by Crippen LogP contribution is 2.16. The van der Waals surface area contributed by atoms with Gasteiger partial charge in [0, 0.05) is 12.6 Å². The molecule has 0 heterocycles. The van der Waals surface area contributed by atoms with Gasteiger partial charge in [-0.15, -0.1) is 0 Å². The lowest BCUT2D eigenvalue weighted by Gasteiger charge is -2.12. The van der Waals surface area contributed by atoms with Crippen LogP contribution in [-0.4, -0.2) is 23.7 Å². The minimum atomic E-state index is -0.225. The number of aliphatic hydroxyl groups excluding tert-OH is 1. The number of benzene rings is 1. The van der Waals surface area contributed by atoms with E-state index in [1.165, 1.54) is 6.92 Å². The first-order chi connectivity index (χ1) is 7.11. The Bertz CT molecular complexity index is 321. The third-order valence-corrected chi connectivity index (χ3v) is 1.77. The van der Waals surface area contributed by atoms with Gasteiger partial charge in [-0.1, -0.05) is 0 Å². The zero-order valence-corrected chi connectivity index (χ0v) is 8.86. The van der Waals surface area contributed by atoms with Gasteiger partial charge in [-0.2, -0.15) is 0 Å². The number of amides is 1. The van der Waals surface area contributed by atoms with Crippen LogP contribution in [0.1, 0.15) is 13.8 Å². The molecule has 15 heavy (non-hydrogen) atoms. The van der Waals surface area contributed by atoms with Gasteiger partial charge < -0.3 is 15.2 Å². The van der Waals surface area contributed by atoms with E-state index in [4.69, 9.17) is 9.84 Å². The second-order valence-corrected chi connectivity index (χ2v) is 3.32. The molecular weight excluding hydrogens is 194 g/mol. The van der Waals surface area contributed by atoms with Crippen LogP contribution in [0.5, 0.6) is 5.75 Å². The summed E-state index contributed by atoms with van der Waals surface area (Å²) in [6, 6.07) is 7.00. The summed E-state index contributed by atoms with van der Waals surface area (Å²) in [4.78, 5) is 10.7. The molecule has 82 valence electrons. The first-order valence-electron chi connectivity index (χ1n) is 4.77. The first-order valence-corrected chi connectivity index (χ1v) is 4.77. The predicted octanol–water partition coefficient (Wildman–Crippen LogP) is 1.40. The number of ether oxygens (including phenoxy) is 1. The van der Waals surface area contributed by atoms with E-state index in [0.29, 0.717) is 5.75 Å². The highest BCUT2D eigenvalue weighted by atomic mass is 16.5. The maximum Gasteiger partial charge on any atom is 0.221 e. The summed E-state index contributed by atoms with van der Waals surface area (Å²) in [5.74, 6) is 0.568. The largest absolute Gasteiger partial charge is 0.488 e. The van der Waals surface area contributed by atoms with E-state index < -0.39 is 0 Å². The monoisotopic (exact) mass is 209 g/mol. The van der Waals surface area contributed by atoms with Gasteiger partial charge in [0.25, 0.3) is 0 Å². The molecule has 2 N–H and O–H groups in total. The summed E-state index contributed by atoms with van der Waals surface area (Å²) in [6.07, 6.45) is -0.225. The van der Waals surface area contributed by atoms with Crippen LogP contribution in [-0.2, 0) is 4.79 Å². The SMILES string of the molecule is CC(=O)Nc1ccc(OC(C)CO)cc1. The van der Waals surface area contributed by atoms with Gasteiger partial charge in [0.05, 0.1) is 6.61 Å². The lowest BCUT2D eigenvalue weighted by atomic mass is 10.3. The Kier molecular flexibility index (Phi) is 4.12. The van der Waals surface area contributed by atoms with Crippen LogP contribution in [0, 0.1) is 0 Å². The number of rotatable bonds is 4. The predicted molar refractivity (Wildman–Crippen MR) is 57.9 cm³/mol. The number of anilines is 1. The zero-order chi connectivity index (χ0) is 11.3. The number of hydrogen-bond acceptors (Lipinski definition) is 3. The Morgan fingerprint density at radius 1 is 1.47 bits per heavy atom. The molecule has 1 aromatic carbocycles. The molecule has 1 atom stereocenters. The molecular formula is C11H15NO3. The fourth-order valence-electron chi connectivity index (χ4n) is 1.09. The van der Waals surface area contributed by atoms with Crippen molar-refractivity contribution in [3.8, 4) is 5.75 Å². The van der Waals surface area contributed by atoms with Crippen molar-refractivity contribution in [2.24, 2.45) is 0 Å². The molecule has 0 fully saturated rings. The van der Waals surface area contributed by atoms with E-state index in [0.717, 1.165) is 5.69 Å². The molecule has 0 radical (unpaired) electrons. The molecule has 1 rings (SSSR count). The van der Waals surface area contributed by atoms with Crippen LogP contribution >= 0.6 is 0 Å². The van der Waals surface area contributed by atoms with Gasteiger partial charge in [-0.05, 0) is 31.2 Å². The van der Waals surface area contributed by atoms with Gasteiger partial charge in [0.1, 0.15) is 11.9 Å². The van der Waals surface area contributed by atoms with Crippen molar-refractivity contribution >= 4 is 11.6 Å². The normalized spacial score (nSPS) is 11.9. The topological polar surface area (TPSA) is 58.6 Å². The molecule has 1 amide bonds. The minimum Gasteiger partial charge on any atom is -0.488 e. The molecule has 0 saturated carbocycles. The second kappa shape index (κ2) is 5.36. The van der Waals surface area contributed by atoms with E-state index in [2.05, 4.69) is 5.32 Å². The Labute approximate surface area is 88.9 Å². The molecule has 0 aliphatic rings. The third-order valence-electron chi connectivity index (χ3n) is 1.77. The Balaban J connectivity index is 2.60. The van der Waals surface area contributed by atoms with Crippen LogP contribution in [0.2, 0.25) is 0 Å². The van der Waals surface area contributed by atoms with E-state index in [-0.39, 0.29) is 18.6 Å². The van der Waals surface area contributed by atoms with Crippen LogP contribution in [0.25, 0.3) is 0 Å². The Hall–Kier alpha value is -1.55. The summed E-state index contributed by atoms with van der Waals surface area (Å²) < 4.78 is 5.36. The quantitative estimate of drug-likeness (QED) is 0.788. The van der Waals surface area contributed by atoms with Crippen LogP contribution in [0.4, 0.5) is 5.69 Å². The maximum atomic E-state index is 10.7. The molecule has 0 saturated heterocycles. The summed E-state index contributed by atoms with van der Waals surface area (Å²) in [6.45, 7) is 3.22. The van der Waals surface area contributed by atoms with Gasteiger partial charge in [-0.3, -0.25) is 4.79 Å². The van der Waals surface area contributed by atoms with Gasteiger partial charge in [0.15, 0.2) is 0 Å². The minimum absolute atomic E-state index is 0.0204. The van der Waals surface area contributed by atoms with Gasteiger partial charge in [0.2, 0.25) is 5.91 Å². The summed E-state index contributed by atoms with van der Waals surface area (Å²) in [5.41, 5.74) is 0.728. The first kappa shape index (κ1) is 11.5. The van der Waals surface area contributed by atoms with E-state index in [9.17, 15) is 4.79 Å². The molecule has 0 aliphatic carbocycles. The summed E-state index contributed by atoms with van der Waals surface area (Å²) in [5, 5.41) is 11.4. The molecule has 1 unspecified atom stereocenters. The third kappa shape index (κ3) is 3.99. The van der Waals surface area contributed by atoms with Crippen molar-refractivity contribution in [1.29, 1.82) is 0 Å². The lowest BCUT2D eigenvalue weighted by Crippen LogP contribution is -2.16. The van der Waals surface area contributed by atoms with E-state index in [1.807, 2.05) is 0 Å². The maximum absolute atomic E-state index is 10.7. The Morgan fingerprint density at radius 3 is 2.53 bits per heavy atom. The lowest BCUT2D eigenvalue weighted by molar-refractivity contribution is -0.114. The van der Waals surface area contributed by atoms with Crippen LogP contribution in [0.15, 0.2) is 24.3 Å². The zero-order valence-electron chi connectivity index (χ0n) is 8.86. The number of carbonyl (C=O) groups excluding carboxylic acids is 1. The van der Waals surface area contributed by atoms with Crippen molar-refractivity contribution in [3.63, 3.8) is 0 Å². The van der Waals surface area contributed by atoms with Crippen LogP contribution in [0.3, 0.4) is 0 Å².